The number of aliphatic hydroxyl groups is 2. The fourth-order valence-electron chi connectivity index (χ4n) is 4.86. The topological polar surface area (TPSA) is 58.9 Å². The highest BCUT2D eigenvalue weighted by molar-refractivity contribution is 6.30. The van der Waals surface area contributed by atoms with Crippen LogP contribution in [0.4, 0.5) is 0 Å². The summed E-state index contributed by atoms with van der Waals surface area (Å²) in [5, 5.41) is 22.0. The predicted octanol–water partition coefficient (Wildman–Crippen LogP) is 5.21. The van der Waals surface area contributed by atoms with E-state index in [1.807, 2.05) is 36.4 Å². The fraction of sp³-hybridized carbons (Fsp3) is 0.462. The maximum absolute atomic E-state index is 11.0. The van der Waals surface area contributed by atoms with Gasteiger partial charge in [-0.05, 0) is 38.0 Å². The van der Waals surface area contributed by atoms with Crippen molar-refractivity contribution in [3.8, 4) is 11.5 Å². The van der Waals surface area contributed by atoms with Gasteiger partial charge in [-0.15, -0.1) is 0 Å². The molecule has 166 valence electrons. The minimum absolute atomic E-state index is 0.0286. The van der Waals surface area contributed by atoms with Crippen molar-refractivity contribution in [3.63, 3.8) is 0 Å². The first-order valence-electron chi connectivity index (χ1n) is 11.1. The third-order valence-electron chi connectivity index (χ3n) is 6.40. The molecule has 1 fully saturated rings. The first kappa shape index (κ1) is 22.2. The average molecular weight is 443 g/mol. The van der Waals surface area contributed by atoms with Crippen LogP contribution in [0.1, 0.15) is 50.7 Å². The summed E-state index contributed by atoms with van der Waals surface area (Å²) in [6.07, 6.45) is 2.70. The lowest BCUT2D eigenvalue weighted by Gasteiger charge is -2.32. The first-order valence-corrected chi connectivity index (χ1v) is 11.5. The molecule has 1 heterocycles. The van der Waals surface area contributed by atoms with E-state index in [0.717, 1.165) is 24.2 Å². The van der Waals surface area contributed by atoms with Crippen molar-refractivity contribution in [3.05, 3.63) is 70.8 Å². The van der Waals surface area contributed by atoms with Gasteiger partial charge in [0, 0.05) is 28.9 Å². The van der Waals surface area contributed by atoms with Gasteiger partial charge >= 0.3 is 0 Å². The van der Waals surface area contributed by atoms with E-state index in [1.165, 1.54) is 5.56 Å². The third kappa shape index (κ3) is 4.34. The fourth-order valence-corrected chi connectivity index (χ4v) is 5.26. The van der Waals surface area contributed by atoms with Crippen LogP contribution < -0.4 is 9.47 Å². The van der Waals surface area contributed by atoms with Gasteiger partial charge in [-0.2, -0.15) is 0 Å². The monoisotopic (exact) mass is 442 g/mol. The Labute approximate surface area is 189 Å². The molecule has 1 aliphatic carbocycles. The molecule has 31 heavy (non-hydrogen) atoms. The van der Waals surface area contributed by atoms with Gasteiger partial charge in [-0.3, -0.25) is 0 Å². The molecule has 4 rings (SSSR count). The van der Waals surface area contributed by atoms with Crippen LogP contribution in [0.3, 0.4) is 0 Å². The lowest BCUT2D eigenvalue weighted by Crippen LogP contribution is -2.42. The molecule has 1 aliphatic heterocycles. The van der Waals surface area contributed by atoms with Crippen LogP contribution in [0.15, 0.2) is 59.6 Å². The second-order valence-electron chi connectivity index (χ2n) is 9.12. The Morgan fingerprint density at radius 3 is 2.68 bits per heavy atom. The lowest BCUT2D eigenvalue weighted by atomic mass is 9.86. The molecule has 2 N–H and O–H groups in total. The number of ether oxygens (including phenoxy) is 2. The molecule has 0 aromatic heterocycles. The van der Waals surface area contributed by atoms with Crippen molar-refractivity contribution in [2.24, 2.45) is 5.92 Å². The Morgan fingerprint density at radius 1 is 1.23 bits per heavy atom. The first-order chi connectivity index (χ1) is 14.8. The van der Waals surface area contributed by atoms with E-state index in [1.54, 1.807) is 13.8 Å². The van der Waals surface area contributed by atoms with E-state index in [0.29, 0.717) is 12.2 Å². The van der Waals surface area contributed by atoms with Crippen molar-refractivity contribution in [1.29, 1.82) is 0 Å². The molecule has 0 bridgehead atoms. The maximum Gasteiger partial charge on any atom is 0.134 e. The summed E-state index contributed by atoms with van der Waals surface area (Å²) in [4.78, 5) is 0. The standard InChI is InChI=1S/C26H31ClO4/c1-4-9-16-10-8-13-18-23-19(21(28)15-22(23)30-24(16)18)14-20(27)25(29)26(2,3)31-17-11-6-5-7-12-17/h5-8,10-14,19,21-23,25,28-29H,4,9,15H2,1-3H3/b20-14-/t19-,21+,22-,23+,25-/m0/s1. The zero-order chi connectivity index (χ0) is 22.2. The minimum atomic E-state index is -1.03. The Balaban J connectivity index is 1.57. The van der Waals surface area contributed by atoms with Crippen LogP contribution in [0.25, 0.3) is 0 Å². The smallest absolute Gasteiger partial charge is 0.134 e. The normalized spacial score (nSPS) is 26.2. The highest BCUT2D eigenvalue weighted by Gasteiger charge is 2.49. The van der Waals surface area contributed by atoms with Crippen LogP contribution in [0.2, 0.25) is 0 Å². The Kier molecular flexibility index (Phi) is 6.34. The second kappa shape index (κ2) is 8.85. The second-order valence-corrected chi connectivity index (χ2v) is 9.56. The van der Waals surface area contributed by atoms with Crippen molar-refractivity contribution >= 4 is 11.6 Å². The Bertz CT molecular complexity index is 940. The van der Waals surface area contributed by atoms with Crippen LogP contribution in [0, 0.1) is 5.92 Å². The third-order valence-corrected chi connectivity index (χ3v) is 6.74. The van der Waals surface area contributed by atoms with E-state index in [-0.39, 0.29) is 23.0 Å². The van der Waals surface area contributed by atoms with Crippen LogP contribution >= 0.6 is 11.6 Å². The summed E-state index contributed by atoms with van der Waals surface area (Å²) in [7, 11) is 0. The number of hydrogen-bond acceptors (Lipinski definition) is 4. The Morgan fingerprint density at radius 2 is 1.97 bits per heavy atom. The van der Waals surface area contributed by atoms with E-state index >= 15 is 0 Å². The molecule has 2 aromatic carbocycles. The zero-order valence-corrected chi connectivity index (χ0v) is 19.0. The summed E-state index contributed by atoms with van der Waals surface area (Å²) >= 11 is 6.61. The average Bonchev–Trinajstić information content (AvgIpc) is 3.24. The number of para-hydroxylation sites is 2. The van der Waals surface area contributed by atoms with Gasteiger partial charge in [0.2, 0.25) is 0 Å². The molecule has 0 amide bonds. The summed E-state index contributed by atoms with van der Waals surface area (Å²) < 4.78 is 12.3. The van der Waals surface area contributed by atoms with Crippen molar-refractivity contribution in [2.45, 2.75) is 69.9 Å². The predicted molar refractivity (Wildman–Crippen MR) is 123 cm³/mol. The van der Waals surface area contributed by atoms with E-state index in [2.05, 4.69) is 25.1 Å². The molecule has 1 saturated carbocycles. The molecule has 5 heteroatoms. The molecule has 0 radical (unpaired) electrons. The molecule has 0 saturated heterocycles. The van der Waals surface area contributed by atoms with Gasteiger partial charge in [0.15, 0.2) is 0 Å². The quantitative estimate of drug-likeness (QED) is 0.618. The number of rotatable bonds is 7. The molecule has 0 spiro atoms. The Hall–Kier alpha value is -2.01. The maximum atomic E-state index is 11.0. The number of halogens is 1. The van der Waals surface area contributed by atoms with Gasteiger partial charge in [0.25, 0.3) is 0 Å². The van der Waals surface area contributed by atoms with Crippen LogP contribution in [-0.2, 0) is 6.42 Å². The zero-order valence-electron chi connectivity index (χ0n) is 18.3. The summed E-state index contributed by atoms with van der Waals surface area (Å²) in [6.45, 7) is 5.77. The largest absolute Gasteiger partial charge is 0.489 e. The molecular weight excluding hydrogens is 412 g/mol. The summed E-state index contributed by atoms with van der Waals surface area (Å²) in [6, 6.07) is 15.6. The van der Waals surface area contributed by atoms with Gasteiger partial charge < -0.3 is 19.7 Å². The SMILES string of the molecule is CCCc1cccc2c1O[C@H]1C[C@@H](O)[C@H](/C=C(\Cl)[C@H](O)C(C)(C)Oc3ccccc3)[C@@H]21. The van der Waals surface area contributed by atoms with Gasteiger partial charge in [-0.25, -0.2) is 0 Å². The van der Waals surface area contributed by atoms with Gasteiger partial charge in [0.1, 0.15) is 29.3 Å². The highest BCUT2D eigenvalue weighted by Crippen LogP contribution is 2.52. The van der Waals surface area contributed by atoms with E-state index < -0.39 is 17.8 Å². The van der Waals surface area contributed by atoms with Gasteiger partial charge in [0.05, 0.1) is 6.10 Å². The van der Waals surface area contributed by atoms with Crippen molar-refractivity contribution < 1.29 is 19.7 Å². The number of aryl methyl sites for hydroxylation is 1. The number of fused-ring (bicyclic) bond motifs is 3. The number of benzene rings is 2. The number of hydrogen-bond donors (Lipinski definition) is 2. The number of aliphatic hydroxyl groups excluding tert-OH is 2. The van der Waals surface area contributed by atoms with E-state index in [9.17, 15) is 10.2 Å². The molecule has 2 aliphatic rings. The molecule has 4 nitrogen and oxygen atoms in total. The summed E-state index contributed by atoms with van der Waals surface area (Å²) in [5.74, 6) is 1.44. The highest BCUT2D eigenvalue weighted by atomic mass is 35.5. The summed E-state index contributed by atoms with van der Waals surface area (Å²) in [5.41, 5.74) is 1.42. The van der Waals surface area contributed by atoms with Crippen molar-refractivity contribution in [2.75, 3.05) is 0 Å². The molecular formula is C26H31ClO4. The minimum Gasteiger partial charge on any atom is -0.489 e. The van der Waals surface area contributed by atoms with Gasteiger partial charge in [-0.1, -0.05) is 67.4 Å². The molecule has 5 atom stereocenters. The van der Waals surface area contributed by atoms with E-state index in [4.69, 9.17) is 21.1 Å². The van der Waals surface area contributed by atoms with Crippen LogP contribution in [0.5, 0.6) is 11.5 Å². The van der Waals surface area contributed by atoms with Crippen molar-refractivity contribution in [1.82, 2.24) is 0 Å². The molecule has 0 unspecified atom stereocenters. The van der Waals surface area contributed by atoms with Crippen LogP contribution in [-0.4, -0.2) is 34.1 Å². The molecule has 2 aromatic rings. The lowest BCUT2D eigenvalue weighted by molar-refractivity contribution is -0.00467.